The normalized spacial score (nSPS) is 17.4. The molecule has 3 aromatic rings. The van der Waals surface area contributed by atoms with Crippen LogP contribution in [0.15, 0.2) is 47.9 Å². The van der Waals surface area contributed by atoms with Gasteiger partial charge in [0, 0.05) is 36.8 Å². The molecule has 12 heteroatoms. The number of benzene rings is 2. The van der Waals surface area contributed by atoms with Gasteiger partial charge < -0.3 is 20.6 Å². The molecule has 0 radical (unpaired) electrons. The van der Waals surface area contributed by atoms with Crippen molar-refractivity contribution in [2.45, 2.75) is 56.4 Å². The van der Waals surface area contributed by atoms with Crippen molar-refractivity contribution >= 4 is 86.0 Å². The number of nitrogens with one attached hydrogen (secondary N) is 2. The number of halogens is 3. The number of hydrogen-bond donors (Lipinski definition) is 3. The van der Waals surface area contributed by atoms with E-state index in [1.54, 1.807) is 23.1 Å². The quantitative estimate of drug-likeness (QED) is 0.205. The first-order chi connectivity index (χ1) is 21.6. The first kappa shape index (κ1) is 33.3. The summed E-state index contributed by atoms with van der Waals surface area (Å²) < 4.78 is 0.901. The van der Waals surface area contributed by atoms with Crippen LogP contribution in [0, 0.1) is 5.92 Å². The van der Waals surface area contributed by atoms with Crippen LogP contribution in [0.3, 0.4) is 0 Å². The van der Waals surface area contributed by atoms with Crippen LogP contribution in [-0.2, 0) is 24.6 Å². The average molecular weight is 691 g/mol. The van der Waals surface area contributed by atoms with Crippen molar-refractivity contribution in [3.8, 4) is 0 Å². The van der Waals surface area contributed by atoms with Crippen LogP contribution < -0.4 is 10.6 Å². The number of carboxylic acid groups (broad SMARTS) is 1. The fraction of sp³-hybridized carbons (Fsp3) is 0.394. The first-order valence-electron chi connectivity index (χ1n) is 15.0. The summed E-state index contributed by atoms with van der Waals surface area (Å²) >= 11 is 20.4. The SMILES string of the molecule is O=C(O)CC(CNC(=O)C1(c2ccc(Cl)cc2)CCCC1)C(=O)NC1CCN(C(=O)C=Cc2cc3ccsc3c(Cl)c2Cl)CC1. The fourth-order valence-electron chi connectivity index (χ4n) is 6.27. The summed E-state index contributed by atoms with van der Waals surface area (Å²) in [5, 5.41) is 19.7. The van der Waals surface area contributed by atoms with Crippen LogP contribution in [0.5, 0.6) is 0 Å². The van der Waals surface area contributed by atoms with Crippen molar-refractivity contribution in [3.63, 3.8) is 0 Å². The van der Waals surface area contributed by atoms with Gasteiger partial charge in [0.15, 0.2) is 0 Å². The number of carbonyl (C=O) groups excluding carboxylic acids is 3. The maximum Gasteiger partial charge on any atom is 0.304 e. The van der Waals surface area contributed by atoms with E-state index in [2.05, 4.69) is 10.6 Å². The Hall–Kier alpha value is -3.11. The molecule has 1 aliphatic heterocycles. The molecular weight excluding hydrogens is 657 g/mol. The van der Waals surface area contributed by atoms with Crippen molar-refractivity contribution in [3.05, 3.63) is 74.0 Å². The number of carbonyl (C=O) groups is 4. The molecule has 5 rings (SSSR count). The van der Waals surface area contributed by atoms with Gasteiger partial charge in [-0.25, -0.2) is 0 Å². The van der Waals surface area contributed by atoms with Gasteiger partial charge in [0.05, 0.1) is 32.5 Å². The van der Waals surface area contributed by atoms with Crippen molar-refractivity contribution in [1.82, 2.24) is 15.5 Å². The minimum absolute atomic E-state index is 0.0851. The predicted octanol–water partition coefficient (Wildman–Crippen LogP) is 6.70. The van der Waals surface area contributed by atoms with Crippen molar-refractivity contribution in [2.75, 3.05) is 19.6 Å². The second kappa shape index (κ2) is 14.5. The van der Waals surface area contributed by atoms with Crippen molar-refractivity contribution in [1.29, 1.82) is 0 Å². The zero-order valence-corrected chi connectivity index (χ0v) is 27.6. The lowest BCUT2D eigenvalue weighted by Crippen LogP contribution is -2.50. The molecule has 0 spiro atoms. The average Bonchev–Trinajstić information content (AvgIpc) is 3.72. The lowest BCUT2D eigenvalue weighted by atomic mass is 9.78. The Morgan fingerprint density at radius 2 is 1.71 bits per heavy atom. The number of amides is 3. The van der Waals surface area contributed by atoms with Gasteiger partial charge in [-0.3, -0.25) is 19.2 Å². The first-order valence-corrected chi connectivity index (χ1v) is 17.0. The summed E-state index contributed by atoms with van der Waals surface area (Å²) in [5.74, 6) is -2.86. The number of hydrogen-bond acceptors (Lipinski definition) is 5. The number of rotatable bonds is 10. The summed E-state index contributed by atoms with van der Waals surface area (Å²) in [6, 6.07) is 10.9. The third kappa shape index (κ3) is 7.65. The highest BCUT2D eigenvalue weighted by Crippen LogP contribution is 2.42. The predicted molar refractivity (Wildman–Crippen MR) is 179 cm³/mol. The van der Waals surface area contributed by atoms with Crippen LogP contribution in [0.4, 0.5) is 0 Å². The third-order valence-electron chi connectivity index (χ3n) is 8.80. The van der Waals surface area contributed by atoms with Gasteiger partial charge in [-0.05, 0) is 77.9 Å². The zero-order valence-electron chi connectivity index (χ0n) is 24.5. The van der Waals surface area contributed by atoms with Crippen LogP contribution in [-0.4, -0.2) is 59.4 Å². The topological polar surface area (TPSA) is 116 Å². The second-order valence-corrected chi connectivity index (χ2v) is 13.8. The lowest BCUT2D eigenvalue weighted by Gasteiger charge is -2.33. The van der Waals surface area contributed by atoms with E-state index in [1.165, 1.54) is 17.4 Å². The molecular formula is C33H34Cl3N3O5S. The molecule has 2 fully saturated rings. The molecule has 0 bridgehead atoms. The second-order valence-electron chi connectivity index (χ2n) is 11.7. The van der Waals surface area contributed by atoms with Crippen molar-refractivity contribution < 1.29 is 24.3 Å². The lowest BCUT2D eigenvalue weighted by molar-refractivity contribution is -0.141. The highest BCUT2D eigenvalue weighted by atomic mass is 35.5. The standard InChI is InChI=1S/C33H34Cl3N3O5S/c34-24-6-4-23(5-7-24)33(12-1-2-13-33)32(44)37-19-22(18-27(41)42)31(43)38-25-9-14-39(15-10-25)26(40)8-3-20-17-21-11-16-45-30(21)29(36)28(20)35/h3-8,11,16-17,22,25H,1-2,9-10,12-15,18-19H2,(H,37,44)(H,38,43)(H,41,42). The molecule has 8 nitrogen and oxygen atoms in total. The fourth-order valence-corrected chi connectivity index (χ4v) is 7.83. The number of aliphatic carboxylic acids is 1. The van der Waals surface area contributed by atoms with Gasteiger partial charge in [-0.15, -0.1) is 11.3 Å². The smallest absolute Gasteiger partial charge is 0.304 e. The van der Waals surface area contributed by atoms with E-state index < -0.39 is 29.6 Å². The molecule has 3 amide bonds. The van der Waals surface area contributed by atoms with Gasteiger partial charge in [0.2, 0.25) is 17.7 Å². The summed E-state index contributed by atoms with van der Waals surface area (Å²) in [7, 11) is 0. The number of piperidine rings is 1. The summed E-state index contributed by atoms with van der Waals surface area (Å²) in [6.07, 6.45) is 6.91. The summed E-state index contributed by atoms with van der Waals surface area (Å²) in [5.41, 5.74) is 0.802. The molecule has 238 valence electrons. The minimum atomic E-state index is -1.12. The monoisotopic (exact) mass is 689 g/mol. The molecule has 2 aliphatic rings. The van der Waals surface area contributed by atoms with E-state index in [0.29, 0.717) is 59.4 Å². The molecule has 2 heterocycles. The molecule has 1 saturated heterocycles. The Labute approximate surface area is 280 Å². The number of nitrogens with zero attached hydrogens (tertiary/aromatic N) is 1. The number of carboxylic acids is 1. The molecule has 1 aliphatic carbocycles. The Morgan fingerprint density at radius 1 is 1.02 bits per heavy atom. The van der Waals surface area contributed by atoms with E-state index in [0.717, 1.165) is 28.5 Å². The van der Waals surface area contributed by atoms with E-state index in [-0.39, 0.29) is 24.4 Å². The maximum absolute atomic E-state index is 13.5. The third-order valence-corrected chi connectivity index (χ3v) is 11.0. The Balaban J connectivity index is 1.15. The molecule has 3 N–H and O–H groups in total. The summed E-state index contributed by atoms with van der Waals surface area (Å²) in [6.45, 7) is 0.768. The molecule has 45 heavy (non-hydrogen) atoms. The van der Waals surface area contributed by atoms with Gasteiger partial charge in [-0.1, -0.05) is 59.8 Å². The Kier molecular flexibility index (Phi) is 10.7. The van der Waals surface area contributed by atoms with Crippen LogP contribution in [0.2, 0.25) is 15.1 Å². The van der Waals surface area contributed by atoms with Gasteiger partial charge in [0.1, 0.15) is 0 Å². The van der Waals surface area contributed by atoms with Crippen LogP contribution >= 0.6 is 46.1 Å². The summed E-state index contributed by atoms with van der Waals surface area (Å²) in [4.78, 5) is 53.0. The molecule has 1 aromatic heterocycles. The highest BCUT2D eigenvalue weighted by molar-refractivity contribution is 7.18. The van der Waals surface area contributed by atoms with Gasteiger partial charge in [-0.2, -0.15) is 0 Å². The van der Waals surface area contributed by atoms with E-state index in [1.807, 2.05) is 29.6 Å². The van der Waals surface area contributed by atoms with E-state index in [9.17, 15) is 24.3 Å². The largest absolute Gasteiger partial charge is 0.481 e. The highest BCUT2D eigenvalue weighted by Gasteiger charge is 2.43. The minimum Gasteiger partial charge on any atom is -0.481 e. The van der Waals surface area contributed by atoms with Crippen LogP contribution in [0.1, 0.15) is 56.1 Å². The van der Waals surface area contributed by atoms with Crippen molar-refractivity contribution in [2.24, 2.45) is 5.92 Å². The van der Waals surface area contributed by atoms with E-state index >= 15 is 0 Å². The zero-order chi connectivity index (χ0) is 32.1. The Morgan fingerprint density at radius 3 is 2.38 bits per heavy atom. The van der Waals surface area contributed by atoms with E-state index in [4.69, 9.17) is 34.8 Å². The number of fused-ring (bicyclic) bond motifs is 1. The molecule has 1 saturated carbocycles. The molecule has 1 unspecified atom stereocenters. The number of thiophene rings is 1. The molecule has 1 atom stereocenters. The Bertz CT molecular complexity index is 1610. The van der Waals surface area contributed by atoms with Gasteiger partial charge >= 0.3 is 5.97 Å². The maximum atomic E-state index is 13.5. The van der Waals surface area contributed by atoms with Crippen LogP contribution in [0.25, 0.3) is 16.2 Å². The van der Waals surface area contributed by atoms with Gasteiger partial charge in [0.25, 0.3) is 0 Å². The molecule has 2 aromatic carbocycles. The number of likely N-dealkylation sites (tertiary alicyclic amines) is 1.